The lowest BCUT2D eigenvalue weighted by molar-refractivity contribution is 1.17. The standard InChI is InChI=1S/C30H23NS2/c1-2-9-21(10-3-1)20-32-28-16-7-5-12-23(28)24-13-8-14-26-30(24)25(19-31-26)29-18-17-22-11-4-6-15-27(22)33-29/h1-16,18-19,31H,17,20H2. The molecule has 1 aromatic heterocycles. The molecule has 0 atom stereocenters. The highest BCUT2D eigenvalue weighted by atomic mass is 32.2. The average molecular weight is 462 g/mol. The van der Waals surface area contributed by atoms with Crippen LogP contribution in [0.15, 0.2) is 119 Å². The molecule has 0 saturated heterocycles. The number of nitrogens with one attached hydrogen (secondary N) is 1. The Morgan fingerprint density at radius 2 is 1.52 bits per heavy atom. The van der Waals surface area contributed by atoms with Gasteiger partial charge < -0.3 is 4.98 Å². The molecule has 3 heteroatoms. The quantitative estimate of drug-likeness (QED) is 0.263. The molecule has 2 heterocycles. The van der Waals surface area contributed by atoms with Gasteiger partial charge in [0, 0.05) is 43.1 Å². The van der Waals surface area contributed by atoms with Gasteiger partial charge in [0.1, 0.15) is 0 Å². The van der Waals surface area contributed by atoms with E-state index in [1.165, 1.54) is 53.4 Å². The second-order valence-corrected chi connectivity index (χ2v) is 10.3. The van der Waals surface area contributed by atoms with E-state index in [0.717, 1.165) is 12.2 Å². The summed E-state index contributed by atoms with van der Waals surface area (Å²) in [7, 11) is 0. The van der Waals surface area contributed by atoms with E-state index in [9.17, 15) is 0 Å². The van der Waals surface area contributed by atoms with E-state index in [0.29, 0.717) is 0 Å². The number of fused-ring (bicyclic) bond motifs is 2. The molecule has 5 aromatic rings. The van der Waals surface area contributed by atoms with Gasteiger partial charge in [-0.25, -0.2) is 0 Å². The third-order valence-electron chi connectivity index (χ3n) is 6.09. The van der Waals surface area contributed by atoms with Gasteiger partial charge in [-0.1, -0.05) is 96.7 Å². The first-order valence-corrected chi connectivity index (χ1v) is 13.0. The summed E-state index contributed by atoms with van der Waals surface area (Å²) in [5.74, 6) is 0.964. The lowest BCUT2D eigenvalue weighted by Crippen LogP contribution is -1.94. The molecule has 0 spiro atoms. The van der Waals surface area contributed by atoms with Gasteiger partial charge in [0.05, 0.1) is 0 Å². The molecule has 1 nitrogen and oxygen atoms in total. The Hall–Kier alpha value is -3.14. The molecule has 0 bridgehead atoms. The number of hydrogen-bond acceptors (Lipinski definition) is 2. The van der Waals surface area contributed by atoms with Gasteiger partial charge in [-0.05, 0) is 46.9 Å². The van der Waals surface area contributed by atoms with Crippen LogP contribution in [0, 0.1) is 0 Å². The molecule has 4 aromatic carbocycles. The van der Waals surface area contributed by atoms with Crippen LogP contribution < -0.4 is 0 Å². The number of thioether (sulfide) groups is 2. The molecule has 0 unspecified atom stereocenters. The van der Waals surface area contributed by atoms with Gasteiger partial charge in [0.15, 0.2) is 0 Å². The van der Waals surface area contributed by atoms with Crippen LogP contribution >= 0.6 is 23.5 Å². The second-order valence-electron chi connectivity index (χ2n) is 8.18. The van der Waals surface area contributed by atoms with Crippen molar-refractivity contribution < 1.29 is 0 Å². The molecule has 0 amide bonds. The van der Waals surface area contributed by atoms with E-state index in [1.807, 2.05) is 23.5 Å². The summed E-state index contributed by atoms with van der Waals surface area (Å²) in [6, 6.07) is 34.9. The zero-order valence-corrected chi connectivity index (χ0v) is 19.8. The summed E-state index contributed by atoms with van der Waals surface area (Å²) in [4.78, 5) is 7.55. The van der Waals surface area contributed by atoms with Crippen LogP contribution in [0.2, 0.25) is 0 Å². The van der Waals surface area contributed by atoms with Crippen molar-refractivity contribution in [3.05, 3.63) is 126 Å². The van der Waals surface area contributed by atoms with E-state index in [2.05, 4.69) is 114 Å². The molecule has 1 aliphatic rings. The fourth-order valence-electron chi connectivity index (χ4n) is 4.45. The molecule has 0 saturated carbocycles. The topological polar surface area (TPSA) is 15.8 Å². The van der Waals surface area contributed by atoms with Crippen molar-refractivity contribution in [1.29, 1.82) is 0 Å². The Kier molecular flexibility index (Phi) is 5.59. The number of benzene rings is 4. The lowest BCUT2D eigenvalue weighted by atomic mass is 9.98. The maximum Gasteiger partial charge on any atom is 0.0466 e. The van der Waals surface area contributed by atoms with Crippen LogP contribution in [-0.2, 0) is 12.2 Å². The van der Waals surface area contributed by atoms with Crippen LogP contribution in [-0.4, -0.2) is 4.98 Å². The SMILES string of the molecule is C1=C(c2c[nH]c3cccc(-c4ccccc4SCc4ccccc4)c23)Sc2ccccc2C1. The Labute approximate surface area is 203 Å². The average Bonchev–Trinajstić information content (AvgIpc) is 3.32. The summed E-state index contributed by atoms with van der Waals surface area (Å²) >= 11 is 3.79. The summed E-state index contributed by atoms with van der Waals surface area (Å²) < 4.78 is 0. The molecule has 0 aliphatic carbocycles. The lowest BCUT2D eigenvalue weighted by Gasteiger charge is -2.17. The van der Waals surface area contributed by atoms with Crippen LogP contribution in [0.4, 0.5) is 0 Å². The van der Waals surface area contributed by atoms with Gasteiger partial charge in [-0.3, -0.25) is 0 Å². The van der Waals surface area contributed by atoms with E-state index in [1.54, 1.807) is 0 Å². The van der Waals surface area contributed by atoms with Crippen molar-refractivity contribution in [2.45, 2.75) is 22.0 Å². The molecule has 33 heavy (non-hydrogen) atoms. The molecular formula is C30H23NS2. The summed E-state index contributed by atoms with van der Waals surface area (Å²) in [5, 5.41) is 1.31. The third-order valence-corrected chi connectivity index (χ3v) is 8.45. The minimum absolute atomic E-state index is 0.964. The third kappa shape index (κ3) is 4.03. The molecule has 1 aliphatic heterocycles. The van der Waals surface area contributed by atoms with E-state index in [-0.39, 0.29) is 0 Å². The predicted octanol–water partition coefficient (Wildman–Crippen LogP) is 8.82. The minimum atomic E-state index is 0.964. The maximum absolute atomic E-state index is 3.54. The van der Waals surface area contributed by atoms with Crippen LogP contribution in [0.5, 0.6) is 0 Å². The summed E-state index contributed by atoms with van der Waals surface area (Å²) in [6.45, 7) is 0. The van der Waals surface area contributed by atoms with Gasteiger partial charge in [-0.15, -0.1) is 11.8 Å². The summed E-state index contributed by atoms with van der Waals surface area (Å²) in [6.07, 6.45) is 5.54. The van der Waals surface area contributed by atoms with Crippen LogP contribution in [0.25, 0.3) is 26.9 Å². The Balaban J connectivity index is 1.41. The normalized spacial score (nSPS) is 13.0. The highest BCUT2D eigenvalue weighted by molar-refractivity contribution is 8.08. The molecular weight excluding hydrogens is 438 g/mol. The van der Waals surface area contributed by atoms with Crippen LogP contribution in [0.1, 0.15) is 16.7 Å². The first-order chi connectivity index (χ1) is 16.4. The fourth-order valence-corrected chi connectivity index (χ4v) is 6.58. The fraction of sp³-hybridized carbons (Fsp3) is 0.0667. The van der Waals surface area contributed by atoms with E-state index >= 15 is 0 Å². The van der Waals surface area contributed by atoms with E-state index < -0.39 is 0 Å². The Bertz CT molecular complexity index is 1460. The number of allylic oxidation sites excluding steroid dienone is 1. The van der Waals surface area contributed by atoms with Gasteiger partial charge in [-0.2, -0.15) is 0 Å². The highest BCUT2D eigenvalue weighted by Crippen LogP contribution is 2.45. The first-order valence-electron chi connectivity index (χ1n) is 11.2. The number of aromatic nitrogens is 1. The predicted molar refractivity (Wildman–Crippen MR) is 144 cm³/mol. The zero-order chi connectivity index (χ0) is 22.0. The number of rotatable bonds is 5. The molecule has 160 valence electrons. The number of aromatic amines is 1. The smallest absolute Gasteiger partial charge is 0.0466 e. The zero-order valence-electron chi connectivity index (χ0n) is 18.1. The maximum atomic E-state index is 3.54. The highest BCUT2D eigenvalue weighted by Gasteiger charge is 2.19. The number of H-pyrrole nitrogens is 1. The van der Waals surface area contributed by atoms with Crippen molar-refractivity contribution in [3.8, 4) is 11.1 Å². The van der Waals surface area contributed by atoms with Crippen molar-refractivity contribution in [2.24, 2.45) is 0 Å². The van der Waals surface area contributed by atoms with Gasteiger partial charge >= 0.3 is 0 Å². The molecule has 0 fully saturated rings. The summed E-state index contributed by atoms with van der Waals surface area (Å²) in [5.41, 5.74) is 7.83. The van der Waals surface area contributed by atoms with Crippen molar-refractivity contribution in [3.63, 3.8) is 0 Å². The van der Waals surface area contributed by atoms with Crippen molar-refractivity contribution >= 4 is 39.3 Å². The van der Waals surface area contributed by atoms with Gasteiger partial charge in [0.25, 0.3) is 0 Å². The van der Waals surface area contributed by atoms with Crippen molar-refractivity contribution in [1.82, 2.24) is 4.98 Å². The molecule has 6 rings (SSSR count). The first kappa shape index (κ1) is 20.5. The molecule has 1 N–H and O–H groups in total. The number of hydrogen-bond donors (Lipinski definition) is 1. The Morgan fingerprint density at radius 1 is 0.727 bits per heavy atom. The monoisotopic (exact) mass is 461 g/mol. The molecule has 0 radical (unpaired) electrons. The van der Waals surface area contributed by atoms with Gasteiger partial charge in [0.2, 0.25) is 0 Å². The largest absolute Gasteiger partial charge is 0.361 e. The van der Waals surface area contributed by atoms with Crippen molar-refractivity contribution in [2.75, 3.05) is 0 Å². The Morgan fingerprint density at radius 3 is 2.45 bits per heavy atom. The van der Waals surface area contributed by atoms with E-state index in [4.69, 9.17) is 0 Å². The minimum Gasteiger partial charge on any atom is -0.361 e. The van der Waals surface area contributed by atoms with Crippen LogP contribution in [0.3, 0.4) is 0 Å². The second kappa shape index (κ2) is 9.01.